The molecule has 1 nitrogen and oxygen atoms in total. The van der Waals surface area contributed by atoms with Crippen LogP contribution in [0.2, 0.25) is 0 Å². The fourth-order valence-electron chi connectivity index (χ4n) is 9.57. The number of anilines is 3. The molecule has 0 fully saturated rings. The van der Waals surface area contributed by atoms with E-state index < -0.39 is 5.41 Å². The van der Waals surface area contributed by atoms with E-state index in [4.69, 9.17) is 0 Å². The van der Waals surface area contributed by atoms with Gasteiger partial charge in [-0.25, -0.2) is 0 Å². The van der Waals surface area contributed by atoms with Crippen molar-refractivity contribution in [1.29, 1.82) is 0 Å². The summed E-state index contributed by atoms with van der Waals surface area (Å²) >= 11 is 0. The van der Waals surface area contributed by atoms with Gasteiger partial charge in [-0.05, 0) is 103 Å². The van der Waals surface area contributed by atoms with Gasteiger partial charge in [0.2, 0.25) is 0 Å². The molecule has 0 atom stereocenters. The van der Waals surface area contributed by atoms with Crippen LogP contribution in [0.15, 0.2) is 224 Å². The minimum Gasteiger partial charge on any atom is -0.310 e. The van der Waals surface area contributed by atoms with Crippen molar-refractivity contribution < 1.29 is 0 Å². The van der Waals surface area contributed by atoms with E-state index in [1.807, 2.05) is 13.8 Å². The Hall–Kier alpha value is -7.22. The zero-order chi connectivity index (χ0) is 39.1. The van der Waals surface area contributed by atoms with E-state index in [-0.39, 0.29) is 0 Å². The molecule has 0 aromatic heterocycles. The molecule has 9 aromatic carbocycles. The molecule has 0 heterocycles. The Balaban J connectivity index is 0.00000201. The van der Waals surface area contributed by atoms with E-state index in [2.05, 4.69) is 229 Å². The van der Waals surface area contributed by atoms with Gasteiger partial charge in [0.1, 0.15) is 0 Å². The Morgan fingerprint density at radius 1 is 0.276 bits per heavy atom. The Kier molecular flexibility index (Phi) is 8.92. The molecule has 2 aliphatic carbocycles. The Morgan fingerprint density at radius 3 is 1.16 bits per heavy atom. The monoisotopic (exact) mass is 741 g/mol. The van der Waals surface area contributed by atoms with Crippen LogP contribution in [0.25, 0.3) is 55.6 Å². The molecule has 0 saturated heterocycles. The molecular weight excluding hydrogens is 699 g/mol. The van der Waals surface area contributed by atoms with Gasteiger partial charge in [-0.2, -0.15) is 0 Å². The standard InChI is InChI=1S/C55H37N.C2H6/c1-3-16-38(17-4-1)39-30-32-40(33-31-39)41-34-36-43(37-35-41)56(42-18-5-2-6-19-42)53-29-14-10-23-47(53)49-25-15-24-48-46-22-9-13-28-52(46)55(54(48)49)50-26-11-7-20-44(50)45-21-8-12-27-51(45)55;1-2/h1-37H;1-2H3. The van der Waals surface area contributed by atoms with Gasteiger partial charge < -0.3 is 4.90 Å². The van der Waals surface area contributed by atoms with E-state index in [9.17, 15) is 0 Å². The highest BCUT2D eigenvalue weighted by Gasteiger charge is 2.52. The summed E-state index contributed by atoms with van der Waals surface area (Å²) < 4.78 is 0. The zero-order valence-electron chi connectivity index (χ0n) is 32.8. The smallest absolute Gasteiger partial charge is 0.0731 e. The van der Waals surface area contributed by atoms with E-state index in [1.165, 1.54) is 77.9 Å². The number of hydrogen-bond donors (Lipinski definition) is 0. The fourth-order valence-corrected chi connectivity index (χ4v) is 9.57. The highest BCUT2D eigenvalue weighted by Crippen LogP contribution is 2.64. The van der Waals surface area contributed by atoms with Crippen molar-refractivity contribution in [3.05, 3.63) is 247 Å². The Labute approximate surface area is 342 Å². The van der Waals surface area contributed by atoms with Crippen LogP contribution in [0.5, 0.6) is 0 Å². The molecule has 9 aromatic rings. The van der Waals surface area contributed by atoms with Gasteiger partial charge in [0.05, 0.1) is 11.1 Å². The van der Waals surface area contributed by atoms with Crippen molar-refractivity contribution in [3.63, 3.8) is 0 Å². The summed E-state index contributed by atoms with van der Waals surface area (Å²) in [5, 5.41) is 0. The van der Waals surface area contributed by atoms with Crippen molar-refractivity contribution in [2.75, 3.05) is 4.90 Å². The predicted octanol–water partition coefficient (Wildman–Crippen LogP) is 15.5. The minimum atomic E-state index is -0.446. The van der Waals surface area contributed by atoms with Gasteiger partial charge in [0, 0.05) is 16.9 Å². The molecule has 276 valence electrons. The van der Waals surface area contributed by atoms with Gasteiger partial charge in [-0.3, -0.25) is 0 Å². The summed E-state index contributed by atoms with van der Waals surface area (Å²) in [7, 11) is 0. The van der Waals surface area contributed by atoms with E-state index in [0.717, 1.165) is 17.1 Å². The van der Waals surface area contributed by atoms with Crippen molar-refractivity contribution in [3.8, 4) is 55.6 Å². The van der Waals surface area contributed by atoms with Crippen LogP contribution in [0.1, 0.15) is 36.1 Å². The first kappa shape index (κ1) is 35.2. The van der Waals surface area contributed by atoms with Crippen LogP contribution < -0.4 is 4.90 Å². The summed E-state index contributed by atoms with van der Waals surface area (Å²) in [6, 6.07) is 82.3. The van der Waals surface area contributed by atoms with Crippen LogP contribution in [0.3, 0.4) is 0 Å². The van der Waals surface area contributed by atoms with Crippen molar-refractivity contribution in [1.82, 2.24) is 0 Å². The fraction of sp³-hybridized carbons (Fsp3) is 0.0526. The first-order chi connectivity index (χ1) is 28.8. The van der Waals surface area contributed by atoms with Crippen molar-refractivity contribution in [2.24, 2.45) is 0 Å². The van der Waals surface area contributed by atoms with E-state index in [1.54, 1.807) is 0 Å². The Morgan fingerprint density at radius 2 is 0.621 bits per heavy atom. The summed E-state index contributed by atoms with van der Waals surface area (Å²) in [5.74, 6) is 0. The summed E-state index contributed by atoms with van der Waals surface area (Å²) in [5.41, 5.74) is 20.8. The molecule has 2 aliphatic rings. The maximum atomic E-state index is 2.42. The normalized spacial score (nSPS) is 12.4. The lowest BCUT2D eigenvalue weighted by Crippen LogP contribution is -2.26. The third-order valence-corrected chi connectivity index (χ3v) is 11.9. The van der Waals surface area contributed by atoms with Crippen LogP contribution in [0.4, 0.5) is 17.1 Å². The Bertz CT molecular complexity index is 2820. The largest absolute Gasteiger partial charge is 0.310 e. The number of fused-ring (bicyclic) bond motifs is 10. The number of nitrogens with zero attached hydrogens (tertiary/aromatic N) is 1. The van der Waals surface area contributed by atoms with Gasteiger partial charge in [-0.15, -0.1) is 0 Å². The minimum absolute atomic E-state index is 0.446. The SMILES string of the molecule is CC.c1ccc(-c2ccc(-c3ccc(N(c4ccccc4)c4ccccc4-c4cccc5c4C4(c6ccccc6-c6ccccc64)c4ccccc4-5)cc3)cc2)cc1. The average molecular weight is 742 g/mol. The molecule has 0 N–H and O–H groups in total. The van der Waals surface area contributed by atoms with Gasteiger partial charge in [0.25, 0.3) is 0 Å². The lowest BCUT2D eigenvalue weighted by atomic mass is 9.68. The molecule has 0 amide bonds. The lowest BCUT2D eigenvalue weighted by Gasteiger charge is -2.33. The lowest BCUT2D eigenvalue weighted by molar-refractivity contribution is 0.796. The maximum absolute atomic E-state index is 2.42. The summed E-state index contributed by atoms with van der Waals surface area (Å²) in [6.07, 6.45) is 0. The summed E-state index contributed by atoms with van der Waals surface area (Å²) in [4.78, 5) is 2.42. The van der Waals surface area contributed by atoms with Crippen LogP contribution >= 0.6 is 0 Å². The van der Waals surface area contributed by atoms with Crippen molar-refractivity contribution >= 4 is 17.1 Å². The summed E-state index contributed by atoms with van der Waals surface area (Å²) in [6.45, 7) is 4.00. The average Bonchev–Trinajstić information content (AvgIpc) is 3.79. The second kappa shape index (κ2) is 14.7. The highest BCUT2D eigenvalue weighted by atomic mass is 15.1. The second-order valence-corrected chi connectivity index (χ2v) is 14.8. The number of rotatable bonds is 6. The van der Waals surface area contributed by atoms with Crippen LogP contribution in [0, 0.1) is 0 Å². The molecule has 1 heteroatoms. The first-order valence-corrected chi connectivity index (χ1v) is 20.4. The molecule has 0 bridgehead atoms. The molecule has 0 aliphatic heterocycles. The maximum Gasteiger partial charge on any atom is 0.0731 e. The van der Waals surface area contributed by atoms with Crippen molar-refractivity contribution in [2.45, 2.75) is 19.3 Å². The van der Waals surface area contributed by atoms with Crippen LogP contribution in [-0.4, -0.2) is 0 Å². The molecular formula is C57H43N. The first-order valence-electron chi connectivity index (χ1n) is 20.4. The zero-order valence-corrected chi connectivity index (χ0v) is 32.8. The topological polar surface area (TPSA) is 3.24 Å². The van der Waals surface area contributed by atoms with Crippen LogP contribution in [-0.2, 0) is 5.41 Å². The van der Waals surface area contributed by atoms with Gasteiger partial charge >= 0.3 is 0 Å². The highest BCUT2D eigenvalue weighted by molar-refractivity contribution is 6.01. The third-order valence-electron chi connectivity index (χ3n) is 11.9. The molecule has 58 heavy (non-hydrogen) atoms. The molecule has 11 rings (SSSR count). The molecule has 0 radical (unpaired) electrons. The molecule has 0 saturated carbocycles. The number of benzene rings is 9. The molecule has 1 spiro atoms. The van der Waals surface area contributed by atoms with Gasteiger partial charge in [0.15, 0.2) is 0 Å². The second-order valence-electron chi connectivity index (χ2n) is 14.8. The van der Waals surface area contributed by atoms with E-state index >= 15 is 0 Å². The quantitative estimate of drug-likeness (QED) is 0.164. The number of hydrogen-bond acceptors (Lipinski definition) is 1. The molecule has 0 unspecified atom stereocenters. The van der Waals surface area contributed by atoms with E-state index in [0.29, 0.717) is 0 Å². The predicted molar refractivity (Wildman–Crippen MR) is 245 cm³/mol. The third kappa shape index (κ3) is 5.46. The number of para-hydroxylation sites is 2. The van der Waals surface area contributed by atoms with Gasteiger partial charge in [-0.1, -0.05) is 208 Å².